The molecule has 2 atom stereocenters. The number of hydrogen-bond donors (Lipinski definition) is 3. The summed E-state index contributed by atoms with van der Waals surface area (Å²) in [6.07, 6.45) is 0.724. The molecule has 1 saturated carbocycles. The van der Waals surface area contributed by atoms with Crippen LogP contribution in [0.5, 0.6) is 5.75 Å². The van der Waals surface area contributed by atoms with Crippen LogP contribution in [-0.2, 0) is 32.2 Å². The minimum absolute atomic E-state index is 0.00915. The molecule has 2 aromatic rings. The van der Waals surface area contributed by atoms with E-state index in [1.807, 2.05) is 6.92 Å². The third-order valence-electron chi connectivity index (χ3n) is 7.27. The number of carbonyl (C=O) groups is 2. The first-order valence-electron chi connectivity index (χ1n) is 14.7. The molecule has 3 rings (SSSR count). The molecule has 46 heavy (non-hydrogen) atoms. The summed E-state index contributed by atoms with van der Waals surface area (Å²) < 4.78 is 74.6. The molecule has 0 aliphatic heterocycles. The van der Waals surface area contributed by atoms with Crippen molar-refractivity contribution in [2.75, 3.05) is 6.61 Å². The summed E-state index contributed by atoms with van der Waals surface area (Å²) in [6.45, 7) is 5.54. The second-order valence-corrected chi connectivity index (χ2v) is 12.4. The average Bonchev–Trinajstić information content (AvgIpc) is 3.33. The highest BCUT2D eigenvalue weighted by atomic mass is 32.2. The maximum atomic E-state index is 13.3. The molecule has 0 aromatic heterocycles. The molecule has 0 heterocycles. The van der Waals surface area contributed by atoms with Crippen LogP contribution in [0.25, 0.3) is 0 Å². The normalized spacial score (nSPS) is 17.2. The SMILES string of the molecule is CCC/C=N/C(C)=C/C(=O)NC(=N)c1cc(S(=O)(=O)NC2CCC(CCc3ccc(C#N)c(C(F)(F)F)c3)C2=O)ccc1OCC. The number of ether oxygens (including phenoxy) is 1. The van der Waals surface area contributed by atoms with E-state index in [0.717, 1.165) is 25.0 Å². The highest BCUT2D eigenvalue weighted by molar-refractivity contribution is 7.89. The molecule has 2 aromatic carbocycles. The van der Waals surface area contributed by atoms with Crippen LogP contribution < -0.4 is 14.8 Å². The van der Waals surface area contributed by atoms with Gasteiger partial charge in [0.05, 0.1) is 40.3 Å². The van der Waals surface area contributed by atoms with Crippen molar-refractivity contribution in [2.45, 2.75) is 76.4 Å². The van der Waals surface area contributed by atoms with Gasteiger partial charge in [0, 0.05) is 23.9 Å². The third kappa shape index (κ3) is 9.58. The van der Waals surface area contributed by atoms with Crippen molar-refractivity contribution in [3.8, 4) is 11.8 Å². The van der Waals surface area contributed by atoms with Crippen LogP contribution in [0, 0.1) is 22.7 Å². The molecule has 0 saturated heterocycles. The van der Waals surface area contributed by atoms with Crippen LogP contribution in [0.4, 0.5) is 13.2 Å². The fourth-order valence-electron chi connectivity index (χ4n) is 4.96. The average molecular weight is 660 g/mol. The summed E-state index contributed by atoms with van der Waals surface area (Å²) in [5.74, 6) is -1.81. The molecular formula is C32H36F3N5O5S. The van der Waals surface area contributed by atoms with Crippen molar-refractivity contribution in [3.05, 3.63) is 70.4 Å². The van der Waals surface area contributed by atoms with Gasteiger partial charge in [-0.05, 0) is 81.8 Å². The van der Waals surface area contributed by atoms with Gasteiger partial charge in [-0.15, -0.1) is 0 Å². The Labute approximate surface area is 266 Å². The predicted octanol–water partition coefficient (Wildman–Crippen LogP) is 5.45. The van der Waals surface area contributed by atoms with Gasteiger partial charge in [0.2, 0.25) is 10.0 Å². The number of hydrogen-bond acceptors (Lipinski definition) is 8. The number of Topliss-reactive ketones (excluding diaryl/α,β-unsaturated/α-hetero) is 1. The first-order valence-corrected chi connectivity index (χ1v) is 16.2. The Balaban J connectivity index is 1.72. The zero-order valence-corrected chi connectivity index (χ0v) is 26.5. The number of amides is 1. The number of allylic oxidation sites excluding steroid dienone is 1. The Kier molecular flexibility index (Phi) is 12.4. The monoisotopic (exact) mass is 659 g/mol. The van der Waals surface area contributed by atoms with Crippen molar-refractivity contribution < 1.29 is 35.9 Å². The van der Waals surface area contributed by atoms with Gasteiger partial charge in [-0.25, -0.2) is 13.1 Å². The molecule has 1 fully saturated rings. The highest BCUT2D eigenvalue weighted by Gasteiger charge is 2.37. The van der Waals surface area contributed by atoms with E-state index >= 15 is 0 Å². The molecule has 0 bridgehead atoms. The Morgan fingerprint density at radius 1 is 1.20 bits per heavy atom. The molecular weight excluding hydrogens is 623 g/mol. The molecule has 14 heteroatoms. The fraction of sp³-hybridized carbons (Fsp3) is 0.406. The van der Waals surface area contributed by atoms with Crippen LogP contribution in [-0.4, -0.2) is 44.8 Å². The van der Waals surface area contributed by atoms with E-state index in [1.165, 1.54) is 36.4 Å². The summed E-state index contributed by atoms with van der Waals surface area (Å²) in [4.78, 5) is 29.5. The lowest BCUT2D eigenvalue weighted by Gasteiger charge is -2.16. The van der Waals surface area contributed by atoms with E-state index in [4.69, 9.17) is 15.4 Å². The standard InChI is InChI=1S/C32H36F3N5O5S/c1-4-6-15-38-20(3)16-29(41)39-31(37)25-18-24(12-14-28(25)45-5-2)46(43,44)40-27-13-11-22(30(27)42)9-7-21-8-10-23(19-36)26(17-21)32(33,34)35/h8,10,12,14-18,22,27,40H,4-7,9,11,13H2,1-3H3,(H2,37,39,41)/b20-16+,38-15+. The lowest BCUT2D eigenvalue weighted by molar-refractivity contribution is -0.137. The quantitative estimate of drug-likeness (QED) is 0.147. The van der Waals surface area contributed by atoms with Crippen molar-refractivity contribution in [1.29, 1.82) is 10.7 Å². The number of nitriles is 1. The zero-order chi connectivity index (χ0) is 34.1. The lowest BCUT2D eigenvalue weighted by Crippen LogP contribution is -2.39. The number of amidine groups is 1. The fourth-order valence-corrected chi connectivity index (χ4v) is 6.22. The third-order valence-corrected chi connectivity index (χ3v) is 8.74. The van der Waals surface area contributed by atoms with Gasteiger partial charge in [0.15, 0.2) is 5.78 Å². The van der Waals surface area contributed by atoms with Crippen molar-refractivity contribution in [1.82, 2.24) is 10.0 Å². The van der Waals surface area contributed by atoms with Crippen molar-refractivity contribution >= 4 is 33.8 Å². The number of alkyl halides is 3. The summed E-state index contributed by atoms with van der Waals surface area (Å²) in [5.41, 5.74) is -0.783. The molecule has 1 aliphatic rings. The minimum Gasteiger partial charge on any atom is -0.493 e. The Morgan fingerprint density at radius 2 is 1.93 bits per heavy atom. The maximum absolute atomic E-state index is 13.3. The predicted molar refractivity (Wildman–Crippen MR) is 166 cm³/mol. The molecule has 2 unspecified atom stereocenters. The van der Waals surface area contributed by atoms with E-state index < -0.39 is 51.0 Å². The second-order valence-electron chi connectivity index (χ2n) is 10.7. The number of ketones is 1. The number of carbonyl (C=O) groups excluding carboxylic acids is 2. The first kappa shape index (κ1) is 36.1. The topological polar surface area (TPSA) is 162 Å². The molecule has 0 spiro atoms. The molecule has 246 valence electrons. The Bertz CT molecular complexity index is 1680. The van der Waals surface area contributed by atoms with E-state index in [0.29, 0.717) is 17.7 Å². The summed E-state index contributed by atoms with van der Waals surface area (Å²) in [7, 11) is -4.27. The molecule has 3 N–H and O–H groups in total. The van der Waals surface area contributed by atoms with Gasteiger partial charge in [-0.3, -0.25) is 20.0 Å². The molecule has 0 radical (unpaired) electrons. The molecule has 1 amide bonds. The minimum atomic E-state index is -4.70. The first-order chi connectivity index (χ1) is 21.7. The number of nitrogens with zero attached hydrogens (tertiary/aromatic N) is 2. The van der Waals surface area contributed by atoms with Crippen molar-refractivity contribution in [2.24, 2.45) is 10.9 Å². The van der Waals surface area contributed by atoms with Gasteiger partial charge >= 0.3 is 6.18 Å². The van der Waals surface area contributed by atoms with Crippen LogP contribution in [0.2, 0.25) is 0 Å². The van der Waals surface area contributed by atoms with Crippen molar-refractivity contribution in [3.63, 3.8) is 0 Å². The van der Waals surface area contributed by atoms with Gasteiger partial charge < -0.3 is 10.1 Å². The Morgan fingerprint density at radius 3 is 2.59 bits per heavy atom. The number of rotatable bonds is 13. The number of sulfonamides is 1. The molecule has 10 nitrogen and oxygen atoms in total. The number of aryl methyl sites for hydroxylation is 1. The van der Waals surface area contributed by atoms with Crippen LogP contribution in [0.1, 0.15) is 75.1 Å². The molecule has 1 aliphatic carbocycles. The van der Waals surface area contributed by atoms with Gasteiger partial charge in [0.1, 0.15) is 11.6 Å². The zero-order valence-electron chi connectivity index (χ0n) is 25.7. The van der Waals surface area contributed by atoms with Crippen LogP contribution in [0.15, 0.2) is 58.1 Å². The lowest BCUT2D eigenvalue weighted by atomic mass is 9.95. The smallest absolute Gasteiger partial charge is 0.417 e. The van der Waals surface area contributed by atoms with E-state index in [1.54, 1.807) is 20.1 Å². The van der Waals surface area contributed by atoms with Crippen LogP contribution >= 0.6 is 0 Å². The van der Waals surface area contributed by atoms with Gasteiger partial charge in [-0.1, -0.05) is 19.4 Å². The van der Waals surface area contributed by atoms with Crippen LogP contribution in [0.3, 0.4) is 0 Å². The number of aliphatic imine (C=N–C) groups is 1. The number of nitrogens with one attached hydrogen (secondary N) is 3. The maximum Gasteiger partial charge on any atom is 0.417 e. The largest absolute Gasteiger partial charge is 0.493 e. The number of halogens is 3. The highest BCUT2D eigenvalue weighted by Crippen LogP contribution is 2.34. The van der Waals surface area contributed by atoms with Gasteiger partial charge in [-0.2, -0.15) is 18.4 Å². The second kappa shape index (κ2) is 15.8. The summed E-state index contributed by atoms with van der Waals surface area (Å²) >= 11 is 0. The van der Waals surface area contributed by atoms with E-state index in [9.17, 15) is 31.2 Å². The number of benzene rings is 2. The number of unbranched alkanes of at least 4 members (excludes halogenated alkanes) is 1. The summed E-state index contributed by atoms with van der Waals surface area (Å²) in [6, 6.07) is 7.70. The van der Waals surface area contributed by atoms with Gasteiger partial charge in [0.25, 0.3) is 5.91 Å². The van der Waals surface area contributed by atoms with E-state index in [2.05, 4.69) is 15.0 Å². The summed E-state index contributed by atoms with van der Waals surface area (Å²) in [5, 5.41) is 19.8. The van der Waals surface area contributed by atoms with E-state index in [-0.39, 0.29) is 47.9 Å². The Hall–Kier alpha value is -4.35.